The predicted molar refractivity (Wildman–Crippen MR) is 267 cm³/mol. The molecule has 0 bridgehead atoms. The smallest absolute Gasteiger partial charge is 0.326 e. The van der Waals surface area contributed by atoms with Crippen molar-refractivity contribution in [1.29, 1.82) is 0 Å². The van der Waals surface area contributed by atoms with Crippen LogP contribution in [0.1, 0.15) is 290 Å². The summed E-state index contributed by atoms with van der Waals surface area (Å²) in [6.07, 6.45) is 59.7. The Morgan fingerprint density at radius 2 is 0.806 bits per heavy atom. The summed E-state index contributed by atoms with van der Waals surface area (Å²) in [5.41, 5.74) is 5.50. The highest BCUT2D eigenvalue weighted by atomic mass is 16.5. The maximum atomic E-state index is 12.9. The minimum Gasteiger partial charge on any atom is -0.480 e. The molecule has 0 saturated carbocycles. The first-order chi connectivity index (χ1) is 30.4. The lowest BCUT2D eigenvalue weighted by molar-refractivity contribution is -0.150. The molecule has 0 spiro atoms. The van der Waals surface area contributed by atoms with Gasteiger partial charge in [0, 0.05) is 12.8 Å². The van der Waals surface area contributed by atoms with Crippen molar-refractivity contribution in [3.05, 3.63) is 24.3 Å². The second-order valence-corrected chi connectivity index (χ2v) is 18.6. The molecule has 2 unspecified atom stereocenters. The Bertz CT molecular complexity index is 1030. The summed E-state index contributed by atoms with van der Waals surface area (Å²) in [6.45, 7) is 4.97. The minimum absolute atomic E-state index is 0.0168. The van der Waals surface area contributed by atoms with E-state index in [1.807, 2.05) is 0 Å². The van der Waals surface area contributed by atoms with Crippen LogP contribution in [0.25, 0.3) is 0 Å². The molecule has 1 amide bonds. The van der Waals surface area contributed by atoms with Gasteiger partial charge < -0.3 is 20.9 Å². The molecule has 2 atom stereocenters. The van der Waals surface area contributed by atoms with Crippen LogP contribution in [-0.2, 0) is 19.1 Å². The lowest BCUT2D eigenvalue weighted by atomic mass is 10.0. The van der Waals surface area contributed by atoms with Crippen molar-refractivity contribution in [1.82, 2.24) is 5.32 Å². The number of carbonyl (C=O) groups excluding carboxylic acids is 2. The summed E-state index contributed by atoms with van der Waals surface area (Å²) in [5, 5.41) is 12.0. The molecule has 0 radical (unpaired) electrons. The van der Waals surface area contributed by atoms with Crippen molar-refractivity contribution >= 4 is 17.8 Å². The van der Waals surface area contributed by atoms with Gasteiger partial charge in [-0.3, -0.25) is 9.59 Å². The van der Waals surface area contributed by atoms with E-state index in [-0.39, 0.29) is 18.0 Å². The number of hydrogen-bond donors (Lipinski definition) is 3. The van der Waals surface area contributed by atoms with Crippen molar-refractivity contribution < 1.29 is 24.2 Å². The van der Waals surface area contributed by atoms with Crippen LogP contribution >= 0.6 is 0 Å². The zero-order chi connectivity index (χ0) is 45.2. The van der Waals surface area contributed by atoms with Crippen molar-refractivity contribution in [3.8, 4) is 0 Å². The molecule has 0 aromatic carbocycles. The zero-order valence-electron chi connectivity index (χ0n) is 41.2. The van der Waals surface area contributed by atoms with Crippen LogP contribution in [0, 0.1) is 0 Å². The van der Waals surface area contributed by atoms with E-state index in [0.717, 1.165) is 70.6 Å². The summed E-state index contributed by atoms with van der Waals surface area (Å²) in [4.78, 5) is 36.6. The first kappa shape index (κ1) is 59.9. The number of allylic oxidation sites excluding steroid dienone is 4. The van der Waals surface area contributed by atoms with Gasteiger partial charge in [-0.2, -0.15) is 0 Å². The Balaban J connectivity index is 4.19. The number of ether oxygens (including phenoxy) is 1. The molecule has 0 rings (SSSR count). The van der Waals surface area contributed by atoms with Crippen LogP contribution in [-0.4, -0.2) is 41.6 Å². The highest BCUT2D eigenvalue weighted by Crippen LogP contribution is 2.19. The highest BCUT2D eigenvalue weighted by molar-refractivity contribution is 5.83. The number of carboxylic acid groups (broad SMARTS) is 1. The first-order valence-corrected chi connectivity index (χ1v) is 27.2. The maximum absolute atomic E-state index is 12.9. The number of nitrogens with two attached hydrogens (primary N) is 1. The maximum Gasteiger partial charge on any atom is 0.326 e. The molecule has 0 aliphatic carbocycles. The van der Waals surface area contributed by atoms with Crippen LogP contribution in [0.4, 0.5) is 0 Å². The number of nitrogens with one attached hydrogen (secondary N) is 1. The molecule has 7 heteroatoms. The number of esters is 1. The Hall–Kier alpha value is -2.15. The Kier molecular flexibility index (Phi) is 48.1. The molecule has 0 aliphatic heterocycles. The topological polar surface area (TPSA) is 119 Å². The van der Waals surface area contributed by atoms with Gasteiger partial charge in [-0.15, -0.1) is 0 Å². The predicted octanol–water partition coefficient (Wildman–Crippen LogP) is 16.4. The lowest BCUT2D eigenvalue weighted by Gasteiger charge is -2.18. The van der Waals surface area contributed by atoms with Crippen LogP contribution in [0.3, 0.4) is 0 Å². The van der Waals surface area contributed by atoms with Crippen molar-refractivity contribution in [2.75, 3.05) is 6.54 Å². The van der Waals surface area contributed by atoms with E-state index in [2.05, 4.69) is 43.5 Å². The summed E-state index contributed by atoms with van der Waals surface area (Å²) in [6, 6.07) is -0.858. The summed E-state index contributed by atoms with van der Waals surface area (Å²) >= 11 is 0. The van der Waals surface area contributed by atoms with Gasteiger partial charge in [0.25, 0.3) is 0 Å². The molecule has 0 fully saturated rings. The quantitative estimate of drug-likeness (QED) is 0.0318. The van der Waals surface area contributed by atoms with E-state index in [0.29, 0.717) is 32.2 Å². The fraction of sp³-hybridized carbons (Fsp3) is 0.873. The molecule has 0 aliphatic rings. The molecule has 0 heterocycles. The summed E-state index contributed by atoms with van der Waals surface area (Å²) in [5.74, 6) is -1.24. The van der Waals surface area contributed by atoms with E-state index in [1.165, 1.54) is 180 Å². The molecule has 0 saturated heterocycles. The number of carbonyl (C=O) groups is 3. The Morgan fingerprint density at radius 3 is 1.23 bits per heavy atom. The van der Waals surface area contributed by atoms with Crippen LogP contribution in [0.15, 0.2) is 24.3 Å². The average molecular weight is 873 g/mol. The van der Waals surface area contributed by atoms with Crippen LogP contribution in [0.2, 0.25) is 0 Å². The Morgan fingerprint density at radius 1 is 0.452 bits per heavy atom. The van der Waals surface area contributed by atoms with E-state index in [1.54, 1.807) is 0 Å². The van der Waals surface area contributed by atoms with Gasteiger partial charge in [-0.05, 0) is 103 Å². The van der Waals surface area contributed by atoms with Gasteiger partial charge in [-0.1, -0.05) is 205 Å². The van der Waals surface area contributed by atoms with E-state index in [4.69, 9.17) is 10.5 Å². The van der Waals surface area contributed by atoms with Crippen molar-refractivity contribution in [3.63, 3.8) is 0 Å². The van der Waals surface area contributed by atoms with Gasteiger partial charge in [-0.25, -0.2) is 4.79 Å². The lowest BCUT2D eigenvalue weighted by Crippen LogP contribution is -2.40. The first-order valence-electron chi connectivity index (χ1n) is 27.2. The summed E-state index contributed by atoms with van der Waals surface area (Å²) in [7, 11) is 0. The molecule has 364 valence electrons. The zero-order valence-corrected chi connectivity index (χ0v) is 41.2. The second-order valence-electron chi connectivity index (χ2n) is 18.6. The molecule has 4 N–H and O–H groups in total. The highest BCUT2D eigenvalue weighted by Gasteiger charge is 2.19. The van der Waals surface area contributed by atoms with Crippen molar-refractivity contribution in [2.45, 2.75) is 302 Å². The number of rotatable bonds is 50. The van der Waals surface area contributed by atoms with E-state index in [9.17, 15) is 19.5 Å². The Labute approximate surface area is 384 Å². The number of carboxylic acids is 1. The van der Waals surface area contributed by atoms with Gasteiger partial charge in [0.1, 0.15) is 12.1 Å². The third-order valence-corrected chi connectivity index (χ3v) is 12.5. The van der Waals surface area contributed by atoms with Gasteiger partial charge in [0.2, 0.25) is 5.91 Å². The average Bonchev–Trinajstić information content (AvgIpc) is 3.26. The van der Waals surface area contributed by atoms with Gasteiger partial charge in [0.15, 0.2) is 0 Å². The fourth-order valence-corrected chi connectivity index (χ4v) is 8.39. The van der Waals surface area contributed by atoms with Gasteiger partial charge in [0.05, 0.1) is 0 Å². The van der Waals surface area contributed by atoms with Crippen LogP contribution in [0.5, 0.6) is 0 Å². The SMILES string of the molecule is CCCCCCCCCC/C=C\CCCCCCCCCCCCCC(=O)OC(CCC/C=C\CCCCCCCCCC)CCCCCCCC(=O)NC(CCCN)C(=O)O. The van der Waals surface area contributed by atoms with Crippen molar-refractivity contribution in [2.24, 2.45) is 5.73 Å². The minimum atomic E-state index is -1.00. The van der Waals surface area contributed by atoms with Gasteiger partial charge >= 0.3 is 11.9 Å². The molecular formula is C55H104N2O5. The number of unbranched alkanes of at least 4 members (excludes halogenated alkanes) is 32. The second kappa shape index (κ2) is 49.9. The molecule has 0 aromatic heterocycles. The number of amides is 1. The normalized spacial score (nSPS) is 12.7. The molecule has 0 aromatic rings. The van der Waals surface area contributed by atoms with E-state index < -0.39 is 12.0 Å². The monoisotopic (exact) mass is 873 g/mol. The molecule has 62 heavy (non-hydrogen) atoms. The fourth-order valence-electron chi connectivity index (χ4n) is 8.39. The molecule has 7 nitrogen and oxygen atoms in total. The number of aliphatic carboxylic acids is 1. The van der Waals surface area contributed by atoms with Crippen LogP contribution < -0.4 is 11.1 Å². The summed E-state index contributed by atoms with van der Waals surface area (Å²) < 4.78 is 6.08. The third kappa shape index (κ3) is 45.9. The molecular weight excluding hydrogens is 769 g/mol. The van der Waals surface area contributed by atoms with E-state index >= 15 is 0 Å². The third-order valence-electron chi connectivity index (χ3n) is 12.5. The largest absolute Gasteiger partial charge is 0.480 e. The standard InChI is InChI=1S/C55H104N2O5/c1-3-5-7-9-11-13-15-17-18-19-20-21-22-23-24-25-26-28-30-32-34-39-43-49-54(59)62-51(45-40-36-33-31-29-27-16-14-12-10-8-6-4-2)46-41-37-35-38-42-48-53(58)57-52(55(60)61)47-44-50-56/h19-20,31,33,51-52H,3-18,21-30,32,34-50,56H2,1-2H3,(H,57,58)(H,60,61)/b20-19-,33-31-. The number of hydrogen-bond acceptors (Lipinski definition) is 5.